The number of pyridine rings is 1. The first-order valence-electron chi connectivity index (χ1n) is 10.2. The van der Waals surface area contributed by atoms with Crippen molar-refractivity contribution in [2.45, 2.75) is 26.3 Å². The van der Waals surface area contributed by atoms with Crippen LogP contribution in [0.3, 0.4) is 0 Å². The van der Waals surface area contributed by atoms with Crippen LogP contribution in [0, 0.1) is 0 Å². The summed E-state index contributed by atoms with van der Waals surface area (Å²) in [6, 6.07) is 20.6. The number of hydrogen-bond acceptors (Lipinski definition) is 3. The van der Waals surface area contributed by atoms with Crippen LogP contribution < -0.4 is 0 Å². The summed E-state index contributed by atoms with van der Waals surface area (Å²) in [5, 5.41) is 1.13. The molecular weight excluding hydrogens is 346 g/mol. The maximum Gasteiger partial charge on any atom is 0.253 e. The minimum absolute atomic E-state index is 0.132. The van der Waals surface area contributed by atoms with Crippen molar-refractivity contribution < 1.29 is 4.79 Å². The van der Waals surface area contributed by atoms with E-state index in [9.17, 15) is 4.79 Å². The van der Waals surface area contributed by atoms with Crippen LogP contribution >= 0.6 is 0 Å². The van der Waals surface area contributed by atoms with Crippen LogP contribution in [-0.4, -0.2) is 52.9 Å². The molecule has 1 amide bonds. The highest BCUT2D eigenvalue weighted by Gasteiger charge is 2.29. The minimum Gasteiger partial charge on any atom is -0.337 e. The van der Waals surface area contributed by atoms with Gasteiger partial charge in [-0.2, -0.15) is 0 Å². The molecule has 1 fully saturated rings. The summed E-state index contributed by atoms with van der Waals surface area (Å²) in [4.78, 5) is 22.1. The largest absolute Gasteiger partial charge is 0.337 e. The lowest BCUT2D eigenvalue weighted by Crippen LogP contribution is -2.38. The van der Waals surface area contributed by atoms with E-state index in [2.05, 4.69) is 30.9 Å². The van der Waals surface area contributed by atoms with E-state index >= 15 is 0 Å². The molecule has 1 atom stereocenters. The third-order valence-electron chi connectivity index (χ3n) is 5.81. The van der Waals surface area contributed by atoms with Crippen molar-refractivity contribution in [1.29, 1.82) is 0 Å². The smallest absolute Gasteiger partial charge is 0.253 e. The minimum atomic E-state index is 0.132. The van der Waals surface area contributed by atoms with Crippen molar-refractivity contribution in [2.75, 3.05) is 26.2 Å². The van der Waals surface area contributed by atoms with Crippen LogP contribution in [0.15, 0.2) is 60.7 Å². The first-order valence-corrected chi connectivity index (χ1v) is 10.2. The Morgan fingerprint density at radius 1 is 1.04 bits per heavy atom. The van der Waals surface area contributed by atoms with E-state index in [-0.39, 0.29) is 5.91 Å². The molecule has 0 aliphatic carbocycles. The lowest BCUT2D eigenvalue weighted by molar-refractivity contribution is 0.0778. The first kappa shape index (κ1) is 18.6. The zero-order valence-electron chi connectivity index (χ0n) is 16.6. The third-order valence-corrected chi connectivity index (χ3v) is 5.81. The van der Waals surface area contributed by atoms with E-state index < -0.39 is 0 Å². The molecule has 1 aromatic heterocycles. The topological polar surface area (TPSA) is 36.4 Å². The number of carbonyl (C=O) groups excluding carboxylic acids is 1. The number of para-hydroxylation sites is 1. The number of rotatable bonds is 5. The Morgan fingerprint density at radius 2 is 1.79 bits per heavy atom. The molecule has 1 aliphatic rings. The van der Waals surface area contributed by atoms with E-state index in [1.54, 1.807) is 0 Å². The molecule has 1 saturated heterocycles. The van der Waals surface area contributed by atoms with Crippen molar-refractivity contribution in [3.63, 3.8) is 0 Å². The van der Waals surface area contributed by atoms with Gasteiger partial charge in [-0.25, -0.2) is 4.98 Å². The summed E-state index contributed by atoms with van der Waals surface area (Å²) in [5.41, 5.74) is 3.70. The molecule has 0 saturated carbocycles. The van der Waals surface area contributed by atoms with Crippen LogP contribution in [0.25, 0.3) is 22.2 Å². The maximum absolute atomic E-state index is 12.9. The normalized spacial score (nSPS) is 16.8. The van der Waals surface area contributed by atoms with Gasteiger partial charge in [-0.1, -0.05) is 50.2 Å². The first-order chi connectivity index (χ1) is 13.7. The highest BCUT2D eigenvalue weighted by atomic mass is 16.2. The Morgan fingerprint density at radius 3 is 2.54 bits per heavy atom. The Kier molecular flexibility index (Phi) is 5.40. The Balaban J connectivity index is 1.49. The molecule has 0 spiro atoms. The fourth-order valence-corrected chi connectivity index (χ4v) is 4.16. The maximum atomic E-state index is 12.9. The molecule has 144 valence electrons. The molecular formula is C24H27N3O. The lowest BCUT2D eigenvalue weighted by atomic mass is 10.1. The van der Waals surface area contributed by atoms with Gasteiger partial charge in [-0.05, 0) is 43.8 Å². The number of aromatic nitrogens is 1. The van der Waals surface area contributed by atoms with Gasteiger partial charge < -0.3 is 4.90 Å². The molecule has 0 bridgehead atoms. The summed E-state index contributed by atoms with van der Waals surface area (Å²) < 4.78 is 0. The van der Waals surface area contributed by atoms with E-state index in [1.807, 2.05) is 53.4 Å². The number of nitrogens with zero attached hydrogens (tertiary/aromatic N) is 3. The van der Waals surface area contributed by atoms with Crippen molar-refractivity contribution in [2.24, 2.45) is 0 Å². The van der Waals surface area contributed by atoms with Crippen LogP contribution in [0.1, 0.15) is 30.6 Å². The molecule has 3 aromatic rings. The quantitative estimate of drug-likeness (QED) is 0.663. The summed E-state index contributed by atoms with van der Waals surface area (Å²) >= 11 is 0. The van der Waals surface area contributed by atoms with E-state index in [4.69, 9.17) is 4.98 Å². The molecule has 28 heavy (non-hydrogen) atoms. The molecule has 4 nitrogen and oxygen atoms in total. The van der Waals surface area contributed by atoms with Gasteiger partial charge in [0.25, 0.3) is 5.91 Å². The monoisotopic (exact) mass is 373 g/mol. The number of likely N-dealkylation sites (N-methyl/N-ethyl adjacent to an activating group) is 1. The number of hydrogen-bond donors (Lipinski definition) is 0. The van der Waals surface area contributed by atoms with Gasteiger partial charge >= 0.3 is 0 Å². The van der Waals surface area contributed by atoms with Crippen molar-refractivity contribution >= 4 is 16.8 Å². The number of likely N-dealkylation sites (tertiary alicyclic amines) is 1. The molecule has 0 N–H and O–H groups in total. The van der Waals surface area contributed by atoms with Crippen LogP contribution in [0.4, 0.5) is 0 Å². The number of benzene rings is 2. The SMILES string of the molecule is CCN(CC)C1CCN(C(=O)c2ccc(-c3ccc4ccccc4n3)cc2)C1. The zero-order chi connectivity index (χ0) is 19.5. The molecule has 1 unspecified atom stereocenters. The molecule has 2 heterocycles. The third kappa shape index (κ3) is 3.65. The van der Waals surface area contributed by atoms with Crippen molar-refractivity contribution in [1.82, 2.24) is 14.8 Å². The Hall–Kier alpha value is -2.72. The molecule has 4 rings (SSSR count). The van der Waals surface area contributed by atoms with Crippen molar-refractivity contribution in [3.05, 3.63) is 66.2 Å². The van der Waals surface area contributed by atoms with Crippen LogP contribution in [-0.2, 0) is 0 Å². The predicted molar refractivity (Wildman–Crippen MR) is 114 cm³/mol. The van der Waals surface area contributed by atoms with Crippen molar-refractivity contribution in [3.8, 4) is 11.3 Å². The second-order valence-electron chi connectivity index (χ2n) is 7.38. The van der Waals surface area contributed by atoms with Gasteiger partial charge in [-0.15, -0.1) is 0 Å². The van der Waals surface area contributed by atoms with E-state index in [0.29, 0.717) is 6.04 Å². The summed E-state index contributed by atoms with van der Waals surface area (Å²) in [6.45, 7) is 8.12. The summed E-state index contributed by atoms with van der Waals surface area (Å²) in [6.07, 6.45) is 1.06. The highest BCUT2D eigenvalue weighted by molar-refractivity contribution is 5.95. The second kappa shape index (κ2) is 8.11. The van der Waals surface area contributed by atoms with Gasteiger partial charge in [0.1, 0.15) is 0 Å². The Labute approximate surface area is 166 Å². The van der Waals surface area contributed by atoms with Crippen LogP contribution in [0.2, 0.25) is 0 Å². The van der Waals surface area contributed by atoms with Gasteiger partial charge in [0.05, 0.1) is 11.2 Å². The highest BCUT2D eigenvalue weighted by Crippen LogP contribution is 2.23. The number of amides is 1. The van der Waals surface area contributed by atoms with Gasteiger partial charge in [-0.3, -0.25) is 9.69 Å². The summed E-state index contributed by atoms with van der Waals surface area (Å²) in [5.74, 6) is 0.132. The fourth-order valence-electron chi connectivity index (χ4n) is 4.16. The van der Waals surface area contributed by atoms with Gasteiger partial charge in [0.2, 0.25) is 0 Å². The Bertz CT molecular complexity index is 963. The van der Waals surface area contributed by atoms with Crippen LogP contribution in [0.5, 0.6) is 0 Å². The average Bonchev–Trinajstić information content (AvgIpc) is 3.24. The zero-order valence-corrected chi connectivity index (χ0v) is 16.6. The van der Waals surface area contributed by atoms with Gasteiger partial charge in [0.15, 0.2) is 0 Å². The standard InChI is InChI=1S/C24H27N3O/c1-3-26(4-2)21-15-16-27(17-21)24(28)20-11-9-19(10-12-20)23-14-13-18-7-5-6-8-22(18)25-23/h5-14,21H,3-4,15-17H2,1-2H3. The average molecular weight is 374 g/mol. The second-order valence-corrected chi connectivity index (χ2v) is 7.38. The summed E-state index contributed by atoms with van der Waals surface area (Å²) in [7, 11) is 0. The molecule has 0 radical (unpaired) electrons. The van der Waals surface area contributed by atoms with E-state index in [1.165, 1.54) is 0 Å². The number of carbonyl (C=O) groups is 1. The molecule has 4 heteroatoms. The van der Waals surface area contributed by atoms with E-state index in [0.717, 1.165) is 60.3 Å². The number of fused-ring (bicyclic) bond motifs is 1. The lowest BCUT2D eigenvalue weighted by Gasteiger charge is -2.26. The molecule has 2 aromatic carbocycles. The fraction of sp³-hybridized carbons (Fsp3) is 0.333. The molecule has 1 aliphatic heterocycles. The van der Waals surface area contributed by atoms with Gasteiger partial charge in [0, 0.05) is 35.6 Å². The predicted octanol–water partition coefficient (Wildman–Crippen LogP) is 4.46.